The van der Waals surface area contributed by atoms with Crippen LogP contribution in [0.3, 0.4) is 0 Å². The maximum absolute atomic E-state index is 14.2. The van der Waals surface area contributed by atoms with Crippen LogP contribution in [-0.2, 0) is 0 Å². The summed E-state index contributed by atoms with van der Waals surface area (Å²) in [5, 5.41) is 12.9. The Morgan fingerprint density at radius 2 is 1.87 bits per heavy atom. The number of nitrogens with one attached hydrogen (secondary N) is 1. The number of fused-ring (bicyclic) bond motifs is 1. The number of hydrogen-bond acceptors (Lipinski definition) is 9. The molecule has 2 aromatic carbocycles. The number of aromatic nitrogens is 5. The van der Waals surface area contributed by atoms with Gasteiger partial charge in [-0.3, -0.25) is 14.3 Å². The predicted octanol–water partition coefficient (Wildman–Crippen LogP) is 4.47. The van der Waals surface area contributed by atoms with E-state index in [0.29, 0.717) is 28.2 Å². The van der Waals surface area contributed by atoms with Crippen molar-refractivity contribution < 1.29 is 13.5 Å². The second-order valence-corrected chi connectivity index (χ2v) is 8.40. The Hall–Kier alpha value is -5.44. The second-order valence-electron chi connectivity index (χ2n) is 8.40. The highest BCUT2D eigenvalue weighted by Gasteiger charge is 2.22. The minimum atomic E-state index is -3.02. The van der Waals surface area contributed by atoms with Gasteiger partial charge in [0.1, 0.15) is 29.0 Å². The molecule has 5 rings (SSSR count). The summed E-state index contributed by atoms with van der Waals surface area (Å²) in [6.07, 6.45) is 3.93. The van der Waals surface area contributed by atoms with E-state index in [9.17, 15) is 18.8 Å². The summed E-state index contributed by atoms with van der Waals surface area (Å²) in [4.78, 5) is 31.0. The van der Waals surface area contributed by atoms with Gasteiger partial charge in [0.25, 0.3) is 5.56 Å². The molecular formula is C27H20F2N8O2. The van der Waals surface area contributed by atoms with Crippen LogP contribution in [0.25, 0.3) is 27.7 Å². The highest BCUT2D eigenvalue weighted by Crippen LogP contribution is 2.30. The maximum atomic E-state index is 14.2. The minimum absolute atomic E-state index is 0.0214. The van der Waals surface area contributed by atoms with Crippen molar-refractivity contribution >= 4 is 22.7 Å². The first kappa shape index (κ1) is 25.2. The van der Waals surface area contributed by atoms with Crippen molar-refractivity contribution in [3.8, 4) is 28.6 Å². The number of ether oxygens (including phenoxy) is 1. The van der Waals surface area contributed by atoms with E-state index in [2.05, 4.69) is 25.0 Å². The monoisotopic (exact) mass is 526 g/mol. The Bertz CT molecular complexity index is 1770. The number of nitrogens with two attached hydrogens (primary N) is 1. The number of rotatable bonds is 7. The third-order valence-corrected chi connectivity index (χ3v) is 5.86. The lowest BCUT2D eigenvalue weighted by atomic mass is 10.0. The van der Waals surface area contributed by atoms with Crippen molar-refractivity contribution in [2.24, 2.45) is 0 Å². The highest BCUT2D eigenvalue weighted by molar-refractivity contribution is 5.94. The topological polar surface area (TPSA) is 145 Å². The van der Waals surface area contributed by atoms with E-state index >= 15 is 0 Å². The molecule has 0 aliphatic heterocycles. The highest BCUT2D eigenvalue weighted by atomic mass is 19.3. The van der Waals surface area contributed by atoms with Crippen molar-refractivity contribution in [1.29, 1.82) is 5.26 Å². The number of pyridine rings is 1. The quantitative estimate of drug-likeness (QED) is 0.314. The van der Waals surface area contributed by atoms with Crippen molar-refractivity contribution in [1.82, 2.24) is 24.5 Å². The minimum Gasteiger partial charge on any atom is -0.433 e. The normalized spacial score (nSPS) is 11.8. The third-order valence-electron chi connectivity index (χ3n) is 5.86. The third kappa shape index (κ3) is 5.05. The summed E-state index contributed by atoms with van der Waals surface area (Å²) < 4.78 is 31.6. The van der Waals surface area contributed by atoms with E-state index < -0.39 is 18.2 Å². The van der Waals surface area contributed by atoms with E-state index in [0.717, 1.165) is 0 Å². The Morgan fingerprint density at radius 3 is 2.62 bits per heavy atom. The smallest absolute Gasteiger partial charge is 0.387 e. The molecule has 1 atom stereocenters. The van der Waals surface area contributed by atoms with Gasteiger partial charge in [-0.25, -0.2) is 9.97 Å². The molecule has 0 radical (unpaired) electrons. The predicted molar refractivity (Wildman–Crippen MR) is 140 cm³/mol. The van der Waals surface area contributed by atoms with Crippen LogP contribution >= 0.6 is 0 Å². The molecule has 3 aromatic heterocycles. The van der Waals surface area contributed by atoms with Crippen molar-refractivity contribution in [2.75, 3.05) is 11.1 Å². The molecule has 5 aromatic rings. The van der Waals surface area contributed by atoms with E-state index in [1.54, 1.807) is 49.4 Å². The fourth-order valence-corrected chi connectivity index (χ4v) is 4.20. The van der Waals surface area contributed by atoms with E-state index in [1.807, 2.05) is 12.1 Å². The number of benzene rings is 2. The molecule has 194 valence electrons. The van der Waals surface area contributed by atoms with Gasteiger partial charge in [0, 0.05) is 11.8 Å². The van der Waals surface area contributed by atoms with Crippen LogP contribution < -0.4 is 21.3 Å². The van der Waals surface area contributed by atoms with Gasteiger partial charge in [-0.2, -0.15) is 19.0 Å². The number of para-hydroxylation sites is 1. The number of nitrogens with zero attached hydrogens (tertiary/aromatic N) is 6. The number of anilines is 2. The van der Waals surface area contributed by atoms with E-state index in [1.165, 1.54) is 29.2 Å². The van der Waals surface area contributed by atoms with Crippen LogP contribution in [0.5, 0.6) is 5.75 Å². The SMILES string of the molecule is CC(Nc1nc(N)ncc1C#N)c1nc2cccc(-c3cncc(OC(F)F)c3)c2c(=O)n1-c1ccccc1. The first-order valence-corrected chi connectivity index (χ1v) is 11.7. The van der Waals surface area contributed by atoms with Crippen LogP contribution in [-0.4, -0.2) is 31.1 Å². The molecule has 0 fully saturated rings. The zero-order valence-corrected chi connectivity index (χ0v) is 20.4. The van der Waals surface area contributed by atoms with Crippen molar-refractivity contribution in [3.05, 3.63) is 94.9 Å². The molecule has 3 N–H and O–H groups in total. The van der Waals surface area contributed by atoms with Crippen LogP contribution in [0.2, 0.25) is 0 Å². The van der Waals surface area contributed by atoms with Gasteiger partial charge >= 0.3 is 6.61 Å². The van der Waals surface area contributed by atoms with Gasteiger partial charge in [-0.15, -0.1) is 0 Å². The molecule has 0 spiro atoms. The molecule has 10 nitrogen and oxygen atoms in total. The zero-order valence-electron chi connectivity index (χ0n) is 20.4. The van der Waals surface area contributed by atoms with Gasteiger partial charge in [0.2, 0.25) is 5.95 Å². The first-order chi connectivity index (χ1) is 18.9. The largest absolute Gasteiger partial charge is 0.433 e. The van der Waals surface area contributed by atoms with Gasteiger partial charge < -0.3 is 15.8 Å². The molecule has 0 aliphatic carbocycles. The molecule has 0 bridgehead atoms. The Labute approximate surface area is 220 Å². The number of hydrogen-bond donors (Lipinski definition) is 2. The summed E-state index contributed by atoms with van der Waals surface area (Å²) in [6.45, 7) is -1.25. The summed E-state index contributed by atoms with van der Waals surface area (Å²) in [5.74, 6) is 0.376. The standard InChI is InChI=1S/C27H20F2N8O2/c1-15(34-23-17(11-30)13-33-27(31)36-23)24-35-21-9-5-8-20(16-10-19(14-32-12-16)39-26(28)29)22(21)25(38)37(24)18-6-3-2-4-7-18/h2-10,12-15,26H,1H3,(H3,31,33,34,36). The summed E-state index contributed by atoms with van der Waals surface area (Å²) in [7, 11) is 0. The Kier molecular flexibility index (Phi) is 6.79. The molecule has 1 unspecified atom stereocenters. The number of halogens is 2. The molecule has 0 aliphatic rings. The molecular weight excluding hydrogens is 506 g/mol. The lowest BCUT2D eigenvalue weighted by Crippen LogP contribution is -2.28. The summed E-state index contributed by atoms with van der Waals surface area (Å²) in [5.41, 5.74) is 7.28. The Morgan fingerprint density at radius 1 is 1.08 bits per heavy atom. The average Bonchev–Trinajstić information content (AvgIpc) is 2.93. The van der Waals surface area contributed by atoms with Gasteiger partial charge in [-0.1, -0.05) is 30.3 Å². The summed E-state index contributed by atoms with van der Waals surface area (Å²) >= 11 is 0. The van der Waals surface area contributed by atoms with E-state index in [4.69, 9.17) is 10.7 Å². The molecule has 0 saturated carbocycles. The van der Waals surface area contributed by atoms with Crippen LogP contribution in [0, 0.1) is 11.3 Å². The zero-order chi connectivity index (χ0) is 27.5. The molecule has 3 heterocycles. The lowest BCUT2D eigenvalue weighted by Gasteiger charge is -2.21. The van der Waals surface area contributed by atoms with Crippen LogP contribution in [0.4, 0.5) is 20.5 Å². The van der Waals surface area contributed by atoms with Crippen LogP contribution in [0.15, 0.2) is 78.0 Å². The molecule has 12 heteroatoms. The van der Waals surface area contributed by atoms with Gasteiger partial charge in [-0.05, 0) is 36.8 Å². The van der Waals surface area contributed by atoms with Gasteiger partial charge in [0.05, 0.1) is 35.0 Å². The number of nitrogen functional groups attached to an aromatic ring is 1. The number of alkyl halides is 2. The average molecular weight is 527 g/mol. The fourth-order valence-electron chi connectivity index (χ4n) is 4.20. The molecule has 39 heavy (non-hydrogen) atoms. The summed E-state index contributed by atoms with van der Waals surface area (Å²) in [6, 6.07) is 16.8. The second kappa shape index (κ2) is 10.5. The maximum Gasteiger partial charge on any atom is 0.387 e. The van der Waals surface area contributed by atoms with Crippen molar-refractivity contribution in [2.45, 2.75) is 19.6 Å². The van der Waals surface area contributed by atoms with E-state index in [-0.39, 0.29) is 28.5 Å². The lowest BCUT2D eigenvalue weighted by molar-refractivity contribution is -0.0500. The Balaban J connectivity index is 1.72. The molecule has 0 saturated heterocycles. The van der Waals surface area contributed by atoms with Crippen LogP contribution in [0.1, 0.15) is 24.4 Å². The first-order valence-electron chi connectivity index (χ1n) is 11.7. The molecule has 0 amide bonds. The van der Waals surface area contributed by atoms with Crippen molar-refractivity contribution in [3.63, 3.8) is 0 Å². The fraction of sp³-hybridized carbons (Fsp3) is 0.111. The number of nitriles is 1. The van der Waals surface area contributed by atoms with Gasteiger partial charge in [0.15, 0.2) is 0 Å².